The second-order valence-corrected chi connectivity index (χ2v) is 9.28. The van der Waals surface area contributed by atoms with Crippen molar-refractivity contribution in [2.24, 2.45) is 5.92 Å². The summed E-state index contributed by atoms with van der Waals surface area (Å²) in [6.07, 6.45) is 9.51. The number of amides is 1. The van der Waals surface area contributed by atoms with Crippen LogP contribution in [0, 0.1) is 5.92 Å². The summed E-state index contributed by atoms with van der Waals surface area (Å²) >= 11 is 0. The molecule has 0 bridgehead atoms. The Hall–Kier alpha value is -2.32. The molecular formula is C20H24N4O3S. The Labute approximate surface area is 165 Å². The van der Waals surface area contributed by atoms with Gasteiger partial charge in [-0.3, -0.25) is 14.8 Å². The van der Waals surface area contributed by atoms with Crippen LogP contribution in [0.15, 0.2) is 53.9 Å². The summed E-state index contributed by atoms with van der Waals surface area (Å²) in [4.78, 5) is 23.3. The van der Waals surface area contributed by atoms with E-state index in [1.165, 1.54) is 10.5 Å². The van der Waals surface area contributed by atoms with E-state index in [9.17, 15) is 13.2 Å². The molecule has 148 valence electrons. The molecule has 2 aliphatic heterocycles. The number of nitrogens with zero attached hydrogens (tertiary/aromatic N) is 4. The highest BCUT2D eigenvalue weighted by Crippen LogP contribution is 2.34. The van der Waals surface area contributed by atoms with Gasteiger partial charge in [0.15, 0.2) is 0 Å². The van der Waals surface area contributed by atoms with E-state index in [0.717, 1.165) is 24.9 Å². The summed E-state index contributed by atoms with van der Waals surface area (Å²) in [6, 6.07) is 7.23. The second-order valence-electron chi connectivity index (χ2n) is 7.34. The minimum atomic E-state index is -3.54. The van der Waals surface area contributed by atoms with Crippen LogP contribution in [0.2, 0.25) is 0 Å². The zero-order valence-corrected chi connectivity index (χ0v) is 16.5. The second kappa shape index (κ2) is 7.97. The third kappa shape index (κ3) is 3.66. The van der Waals surface area contributed by atoms with Gasteiger partial charge in [0.1, 0.15) is 4.90 Å². The van der Waals surface area contributed by atoms with Crippen molar-refractivity contribution in [2.75, 3.05) is 19.6 Å². The van der Waals surface area contributed by atoms with E-state index in [1.54, 1.807) is 30.7 Å². The molecule has 7 nitrogen and oxygen atoms in total. The fraction of sp³-hybridized carbons (Fsp3) is 0.450. The van der Waals surface area contributed by atoms with Gasteiger partial charge < -0.3 is 4.90 Å². The van der Waals surface area contributed by atoms with Crippen LogP contribution in [-0.4, -0.2) is 53.1 Å². The van der Waals surface area contributed by atoms with Gasteiger partial charge >= 0.3 is 0 Å². The first-order valence-electron chi connectivity index (χ1n) is 9.68. The number of carbonyl (C=O) groups excluding carboxylic acids is 1. The smallest absolute Gasteiger partial charge is 0.244 e. The monoisotopic (exact) mass is 400 g/mol. The summed E-state index contributed by atoms with van der Waals surface area (Å²) in [6.45, 7) is 1.49. The Morgan fingerprint density at radius 1 is 0.964 bits per heavy atom. The number of carbonyl (C=O) groups is 1. The minimum absolute atomic E-state index is 0.104. The van der Waals surface area contributed by atoms with Gasteiger partial charge in [-0.1, -0.05) is 0 Å². The van der Waals surface area contributed by atoms with Crippen molar-refractivity contribution < 1.29 is 13.2 Å². The Kier molecular flexibility index (Phi) is 5.41. The first kappa shape index (κ1) is 19.0. The van der Waals surface area contributed by atoms with Gasteiger partial charge in [0, 0.05) is 50.3 Å². The van der Waals surface area contributed by atoms with E-state index in [1.807, 2.05) is 17.0 Å². The predicted octanol–water partition coefficient (Wildman–Crippen LogP) is 2.24. The first-order chi connectivity index (χ1) is 13.6. The third-order valence-electron chi connectivity index (χ3n) is 5.70. The topological polar surface area (TPSA) is 83.5 Å². The Balaban J connectivity index is 1.42. The van der Waals surface area contributed by atoms with Gasteiger partial charge in [-0.25, -0.2) is 8.42 Å². The number of hydrogen-bond donors (Lipinski definition) is 0. The number of aromatic nitrogens is 2. The van der Waals surface area contributed by atoms with Crippen molar-refractivity contribution in [3.63, 3.8) is 0 Å². The van der Waals surface area contributed by atoms with Gasteiger partial charge in [0.25, 0.3) is 0 Å². The Bertz CT molecular complexity index is 913. The molecule has 0 radical (unpaired) electrons. The normalized spacial score (nSPS) is 21.7. The highest BCUT2D eigenvalue weighted by Gasteiger charge is 2.37. The number of piperidine rings is 1. The third-order valence-corrected chi connectivity index (χ3v) is 7.58. The Morgan fingerprint density at radius 2 is 1.71 bits per heavy atom. The molecule has 2 saturated heterocycles. The molecule has 4 heterocycles. The van der Waals surface area contributed by atoms with E-state index in [2.05, 4.69) is 9.97 Å². The fourth-order valence-electron chi connectivity index (χ4n) is 4.19. The van der Waals surface area contributed by atoms with Crippen molar-refractivity contribution in [1.29, 1.82) is 0 Å². The number of hydrogen-bond acceptors (Lipinski definition) is 5. The van der Waals surface area contributed by atoms with Crippen LogP contribution in [-0.2, 0) is 14.8 Å². The molecule has 0 saturated carbocycles. The van der Waals surface area contributed by atoms with Gasteiger partial charge in [-0.2, -0.15) is 4.31 Å². The van der Waals surface area contributed by atoms with Gasteiger partial charge in [-0.15, -0.1) is 0 Å². The van der Waals surface area contributed by atoms with Crippen LogP contribution in [0.5, 0.6) is 0 Å². The van der Waals surface area contributed by atoms with Crippen LogP contribution in [0.4, 0.5) is 0 Å². The summed E-state index contributed by atoms with van der Waals surface area (Å²) < 4.78 is 27.0. The van der Waals surface area contributed by atoms with E-state index in [0.29, 0.717) is 25.9 Å². The number of sulfonamides is 1. The van der Waals surface area contributed by atoms with Crippen molar-refractivity contribution in [3.8, 4) is 0 Å². The molecule has 2 fully saturated rings. The van der Waals surface area contributed by atoms with Crippen LogP contribution < -0.4 is 0 Å². The SMILES string of the molecule is O=C(C1CCN(S(=O)(=O)c2cccnc2)CC1)N1CCCC1c1ccncc1. The maximum atomic E-state index is 13.1. The molecule has 1 amide bonds. The van der Waals surface area contributed by atoms with Crippen LogP contribution >= 0.6 is 0 Å². The largest absolute Gasteiger partial charge is 0.335 e. The standard InChI is InChI=1S/C20H24N4O3S/c25-20(24-12-2-4-19(24)16-5-10-21-11-6-16)17-7-13-23(14-8-17)28(26,27)18-3-1-9-22-15-18/h1,3,5-6,9-11,15,17,19H,2,4,7-8,12-14H2. The molecule has 1 unspecified atom stereocenters. The highest BCUT2D eigenvalue weighted by molar-refractivity contribution is 7.89. The van der Waals surface area contributed by atoms with Gasteiger partial charge in [0.2, 0.25) is 15.9 Å². The van der Waals surface area contributed by atoms with Gasteiger partial charge in [0.05, 0.1) is 6.04 Å². The van der Waals surface area contributed by atoms with Crippen LogP contribution in [0.25, 0.3) is 0 Å². The first-order valence-corrected chi connectivity index (χ1v) is 11.1. The number of likely N-dealkylation sites (tertiary alicyclic amines) is 1. The number of rotatable bonds is 4. The summed E-state index contributed by atoms with van der Waals surface area (Å²) in [5, 5.41) is 0. The van der Waals surface area contributed by atoms with E-state index in [4.69, 9.17) is 0 Å². The van der Waals surface area contributed by atoms with Crippen molar-refractivity contribution in [1.82, 2.24) is 19.2 Å². The summed E-state index contributed by atoms with van der Waals surface area (Å²) in [5.41, 5.74) is 1.12. The Morgan fingerprint density at radius 3 is 2.39 bits per heavy atom. The van der Waals surface area contributed by atoms with E-state index >= 15 is 0 Å². The average molecular weight is 401 g/mol. The van der Waals surface area contributed by atoms with E-state index < -0.39 is 10.0 Å². The van der Waals surface area contributed by atoms with Crippen LogP contribution in [0.1, 0.15) is 37.3 Å². The maximum absolute atomic E-state index is 13.1. The molecule has 0 aromatic carbocycles. The minimum Gasteiger partial charge on any atom is -0.335 e. The average Bonchev–Trinajstić information content (AvgIpc) is 3.24. The van der Waals surface area contributed by atoms with Crippen molar-refractivity contribution >= 4 is 15.9 Å². The quantitative estimate of drug-likeness (QED) is 0.786. The zero-order valence-electron chi connectivity index (χ0n) is 15.6. The number of pyridine rings is 2. The van der Waals surface area contributed by atoms with Crippen molar-refractivity contribution in [2.45, 2.75) is 36.6 Å². The lowest BCUT2D eigenvalue weighted by Gasteiger charge is -2.34. The molecule has 2 aromatic rings. The van der Waals surface area contributed by atoms with E-state index in [-0.39, 0.29) is 22.8 Å². The molecule has 0 aliphatic carbocycles. The molecule has 28 heavy (non-hydrogen) atoms. The molecule has 0 N–H and O–H groups in total. The lowest BCUT2D eigenvalue weighted by atomic mass is 9.95. The fourth-order valence-corrected chi connectivity index (χ4v) is 5.62. The predicted molar refractivity (Wildman–Crippen MR) is 104 cm³/mol. The molecule has 2 aromatic heterocycles. The molecule has 1 atom stereocenters. The zero-order chi connectivity index (χ0) is 19.6. The summed E-state index contributed by atoms with van der Waals surface area (Å²) in [7, 11) is -3.54. The molecule has 2 aliphatic rings. The van der Waals surface area contributed by atoms with Crippen molar-refractivity contribution in [3.05, 3.63) is 54.6 Å². The molecule has 8 heteroatoms. The highest BCUT2D eigenvalue weighted by atomic mass is 32.2. The van der Waals surface area contributed by atoms with Crippen LogP contribution in [0.3, 0.4) is 0 Å². The lowest BCUT2D eigenvalue weighted by Crippen LogP contribution is -2.44. The molecule has 0 spiro atoms. The summed E-state index contributed by atoms with van der Waals surface area (Å²) in [5.74, 6) is 0.0283. The molecular weight excluding hydrogens is 376 g/mol. The maximum Gasteiger partial charge on any atom is 0.244 e. The molecule has 4 rings (SSSR count). The lowest BCUT2D eigenvalue weighted by molar-refractivity contribution is -0.137. The van der Waals surface area contributed by atoms with Gasteiger partial charge in [-0.05, 0) is 55.5 Å².